The van der Waals surface area contributed by atoms with Gasteiger partial charge in [0.2, 0.25) is 0 Å². The summed E-state index contributed by atoms with van der Waals surface area (Å²) in [5, 5.41) is 7.22. The molecule has 4 nitrogen and oxygen atoms in total. The van der Waals surface area contributed by atoms with E-state index in [1.165, 1.54) is 6.92 Å². The van der Waals surface area contributed by atoms with Gasteiger partial charge in [0.1, 0.15) is 0 Å². The van der Waals surface area contributed by atoms with Gasteiger partial charge in [-0.2, -0.15) is 0 Å². The van der Waals surface area contributed by atoms with Gasteiger partial charge in [0.05, 0.1) is 5.75 Å². The maximum atomic E-state index is 11.3. The number of carboxylic acids is 1. The molecule has 0 aromatic rings. The Morgan fingerprint density at radius 2 is 1.92 bits per heavy atom. The molecule has 0 aliphatic carbocycles. The molecule has 0 aromatic carbocycles. The van der Waals surface area contributed by atoms with Crippen molar-refractivity contribution in [1.82, 2.24) is 0 Å². The molecule has 1 unspecified atom stereocenters. The zero-order valence-corrected chi connectivity index (χ0v) is 8.80. The van der Waals surface area contributed by atoms with E-state index in [9.17, 15) is 13.2 Å². The molecule has 1 N–H and O–H groups in total. The lowest BCUT2D eigenvalue weighted by Gasteiger charge is -2.07. The van der Waals surface area contributed by atoms with E-state index < -0.39 is 21.1 Å². The minimum Gasteiger partial charge on any atom is -0.480 e. The smallest absolute Gasteiger partial charge is 0.321 e. The Bertz CT molecular complexity index is 255. The van der Waals surface area contributed by atoms with Gasteiger partial charge in [-0.1, -0.05) is 19.8 Å². The van der Waals surface area contributed by atoms with Crippen LogP contribution in [0.2, 0.25) is 0 Å². The van der Waals surface area contributed by atoms with Crippen LogP contribution < -0.4 is 0 Å². The Morgan fingerprint density at radius 3 is 2.31 bits per heavy atom. The van der Waals surface area contributed by atoms with E-state index in [-0.39, 0.29) is 5.75 Å². The zero-order valence-electron chi connectivity index (χ0n) is 7.99. The Kier molecular flexibility index (Phi) is 4.98. The number of hydrogen-bond donors (Lipinski definition) is 1. The third kappa shape index (κ3) is 4.26. The first-order valence-corrected chi connectivity index (χ1v) is 6.07. The third-order valence-corrected chi connectivity index (χ3v) is 4.06. The van der Waals surface area contributed by atoms with Gasteiger partial charge in [-0.15, -0.1) is 0 Å². The molecule has 0 aliphatic rings. The average Bonchev–Trinajstić information content (AvgIpc) is 2.03. The molecule has 0 rings (SSSR count). The second-order valence-corrected chi connectivity index (χ2v) is 5.50. The topological polar surface area (TPSA) is 71.4 Å². The van der Waals surface area contributed by atoms with Crippen LogP contribution in [0.1, 0.15) is 33.1 Å². The molecule has 0 aromatic heterocycles. The first-order chi connectivity index (χ1) is 5.91. The van der Waals surface area contributed by atoms with Crippen molar-refractivity contribution in [3.63, 3.8) is 0 Å². The van der Waals surface area contributed by atoms with Crippen LogP contribution in [0.5, 0.6) is 0 Å². The number of unbranched alkanes of at least 4 members (excludes halogenated alkanes) is 2. The third-order valence-electron chi connectivity index (χ3n) is 1.92. The summed E-state index contributed by atoms with van der Waals surface area (Å²) in [5.74, 6) is -1.29. The van der Waals surface area contributed by atoms with Crippen molar-refractivity contribution in [2.75, 3.05) is 5.75 Å². The van der Waals surface area contributed by atoms with Crippen LogP contribution in [0, 0.1) is 0 Å². The number of carboxylic acid groups (broad SMARTS) is 1. The maximum Gasteiger partial charge on any atom is 0.321 e. The number of carbonyl (C=O) groups is 1. The lowest BCUT2D eigenvalue weighted by atomic mass is 10.3. The minimum atomic E-state index is -3.43. The van der Waals surface area contributed by atoms with Crippen molar-refractivity contribution in [2.24, 2.45) is 0 Å². The molecule has 0 fully saturated rings. The van der Waals surface area contributed by atoms with E-state index in [1.54, 1.807) is 0 Å². The minimum absolute atomic E-state index is 0.0195. The lowest BCUT2D eigenvalue weighted by Crippen LogP contribution is -2.28. The van der Waals surface area contributed by atoms with Gasteiger partial charge < -0.3 is 5.11 Å². The van der Waals surface area contributed by atoms with Crippen LogP contribution in [-0.4, -0.2) is 30.5 Å². The number of aliphatic carboxylic acids is 1. The summed E-state index contributed by atoms with van der Waals surface area (Å²) in [6.07, 6.45) is 2.30. The first kappa shape index (κ1) is 12.4. The standard InChI is InChI=1S/C8H16O4S/c1-3-4-5-6-13(11,12)7(2)8(9)10/h7H,3-6H2,1-2H3,(H,9,10). The largest absolute Gasteiger partial charge is 0.480 e. The maximum absolute atomic E-state index is 11.3. The van der Waals surface area contributed by atoms with E-state index in [2.05, 4.69) is 0 Å². The summed E-state index contributed by atoms with van der Waals surface area (Å²) in [6, 6.07) is 0. The van der Waals surface area contributed by atoms with Crippen molar-refractivity contribution in [2.45, 2.75) is 38.4 Å². The molecule has 0 saturated heterocycles. The summed E-state index contributed by atoms with van der Waals surface area (Å²) >= 11 is 0. The van der Waals surface area contributed by atoms with Crippen LogP contribution >= 0.6 is 0 Å². The molecule has 0 heterocycles. The molecule has 0 amide bonds. The monoisotopic (exact) mass is 208 g/mol. The fourth-order valence-electron chi connectivity index (χ4n) is 0.884. The molecular weight excluding hydrogens is 192 g/mol. The van der Waals surface area contributed by atoms with E-state index in [0.29, 0.717) is 6.42 Å². The molecular formula is C8H16O4S. The number of sulfone groups is 1. The molecule has 78 valence electrons. The zero-order chi connectivity index (χ0) is 10.5. The highest BCUT2D eigenvalue weighted by atomic mass is 32.2. The van der Waals surface area contributed by atoms with Gasteiger partial charge in [0.25, 0.3) is 0 Å². The molecule has 0 saturated carbocycles. The Hall–Kier alpha value is -0.580. The summed E-state index contributed by atoms with van der Waals surface area (Å²) < 4.78 is 22.5. The Labute approximate surface area is 78.9 Å². The summed E-state index contributed by atoms with van der Waals surface area (Å²) in [7, 11) is -3.43. The molecule has 5 heteroatoms. The summed E-state index contributed by atoms with van der Waals surface area (Å²) in [6.45, 7) is 3.18. The van der Waals surface area contributed by atoms with Gasteiger partial charge >= 0.3 is 5.97 Å². The van der Waals surface area contributed by atoms with Gasteiger partial charge in [-0.05, 0) is 13.3 Å². The highest BCUT2D eigenvalue weighted by Crippen LogP contribution is 2.06. The first-order valence-electron chi connectivity index (χ1n) is 4.36. The highest BCUT2D eigenvalue weighted by molar-refractivity contribution is 7.92. The number of rotatable bonds is 6. The Morgan fingerprint density at radius 1 is 1.38 bits per heavy atom. The van der Waals surface area contributed by atoms with E-state index in [4.69, 9.17) is 5.11 Å². The van der Waals surface area contributed by atoms with Crippen LogP contribution in [0.25, 0.3) is 0 Å². The van der Waals surface area contributed by atoms with Crippen molar-refractivity contribution >= 4 is 15.8 Å². The molecule has 1 atom stereocenters. The van der Waals surface area contributed by atoms with Crippen molar-refractivity contribution in [1.29, 1.82) is 0 Å². The van der Waals surface area contributed by atoms with E-state index >= 15 is 0 Å². The van der Waals surface area contributed by atoms with Crippen LogP contribution in [-0.2, 0) is 14.6 Å². The fourth-order valence-corrected chi connectivity index (χ4v) is 2.15. The van der Waals surface area contributed by atoms with Crippen molar-refractivity contribution in [3.8, 4) is 0 Å². The van der Waals surface area contributed by atoms with Gasteiger partial charge in [0, 0.05) is 0 Å². The quantitative estimate of drug-likeness (QED) is 0.663. The second-order valence-electron chi connectivity index (χ2n) is 3.05. The lowest BCUT2D eigenvalue weighted by molar-refractivity contribution is -0.136. The number of hydrogen-bond acceptors (Lipinski definition) is 3. The van der Waals surface area contributed by atoms with E-state index in [0.717, 1.165) is 12.8 Å². The second kappa shape index (κ2) is 5.21. The van der Waals surface area contributed by atoms with Crippen LogP contribution in [0.15, 0.2) is 0 Å². The molecule has 0 bridgehead atoms. The van der Waals surface area contributed by atoms with Crippen molar-refractivity contribution < 1.29 is 18.3 Å². The van der Waals surface area contributed by atoms with Gasteiger partial charge in [-0.25, -0.2) is 8.42 Å². The van der Waals surface area contributed by atoms with Gasteiger partial charge in [-0.3, -0.25) is 4.79 Å². The Balaban J connectivity index is 4.16. The molecule has 13 heavy (non-hydrogen) atoms. The fraction of sp³-hybridized carbons (Fsp3) is 0.875. The SMILES string of the molecule is CCCCCS(=O)(=O)C(C)C(=O)O. The molecule has 0 aliphatic heterocycles. The van der Waals surface area contributed by atoms with Crippen LogP contribution in [0.4, 0.5) is 0 Å². The molecule has 0 spiro atoms. The average molecular weight is 208 g/mol. The summed E-state index contributed by atoms with van der Waals surface area (Å²) in [5.41, 5.74) is 0. The summed E-state index contributed by atoms with van der Waals surface area (Å²) in [4.78, 5) is 10.4. The van der Waals surface area contributed by atoms with Crippen LogP contribution in [0.3, 0.4) is 0 Å². The van der Waals surface area contributed by atoms with Gasteiger partial charge in [0.15, 0.2) is 15.1 Å². The normalized spacial score (nSPS) is 14.0. The highest BCUT2D eigenvalue weighted by Gasteiger charge is 2.26. The predicted octanol–water partition coefficient (Wildman–Crippen LogP) is 1.06. The molecule has 0 radical (unpaired) electrons. The van der Waals surface area contributed by atoms with E-state index in [1.807, 2.05) is 6.92 Å². The van der Waals surface area contributed by atoms with Crippen molar-refractivity contribution in [3.05, 3.63) is 0 Å². The predicted molar refractivity (Wildman–Crippen MR) is 50.4 cm³/mol.